The van der Waals surface area contributed by atoms with E-state index in [9.17, 15) is 4.79 Å². The van der Waals surface area contributed by atoms with Gasteiger partial charge in [0.1, 0.15) is 5.75 Å². The van der Waals surface area contributed by atoms with Crippen LogP contribution >= 0.6 is 11.8 Å². The summed E-state index contributed by atoms with van der Waals surface area (Å²) in [4.78, 5) is 21.9. The molecule has 0 aliphatic carbocycles. The van der Waals surface area contributed by atoms with Crippen molar-refractivity contribution in [2.45, 2.75) is 0 Å². The standard InChI is InChI=1S/C20H17N3O2S/c1-25-14-8-6-13(7-9-14)18-12-16(15-4-2-3-5-17(15)22-18)19(24)23-20-21-10-11-26-20/h2-9,12H,10-11H2,1H3,(H,21,23,24). The van der Waals surface area contributed by atoms with Gasteiger partial charge in [-0.2, -0.15) is 0 Å². The number of nitrogens with zero attached hydrogens (tertiary/aromatic N) is 2. The molecule has 4 rings (SSSR count). The van der Waals surface area contributed by atoms with Crippen molar-refractivity contribution in [1.29, 1.82) is 0 Å². The molecule has 3 aromatic rings. The molecule has 5 nitrogen and oxygen atoms in total. The zero-order chi connectivity index (χ0) is 17.9. The molecule has 1 aliphatic rings. The van der Waals surface area contributed by atoms with Crippen LogP contribution in [0.25, 0.3) is 22.2 Å². The molecule has 2 heterocycles. The molecule has 0 bridgehead atoms. The zero-order valence-electron chi connectivity index (χ0n) is 14.2. The summed E-state index contributed by atoms with van der Waals surface area (Å²) in [5, 5.41) is 4.42. The number of ether oxygens (including phenoxy) is 1. The molecule has 0 saturated carbocycles. The van der Waals surface area contributed by atoms with Gasteiger partial charge in [0, 0.05) is 16.7 Å². The summed E-state index contributed by atoms with van der Waals surface area (Å²) < 4.78 is 5.21. The van der Waals surface area contributed by atoms with Gasteiger partial charge in [-0.3, -0.25) is 9.79 Å². The molecule has 1 aliphatic heterocycles. The van der Waals surface area contributed by atoms with Crippen molar-refractivity contribution in [1.82, 2.24) is 10.3 Å². The van der Waals surface area contributed by atoms with E-state index in [0.717, 1.165) is 40.2 Å². The summed E-state index contributed by atoms with van der Waals surface area (Å²) in [6.07, 6.45) is 0. The van der Waals surface area contributed by atoms with Crippen LogP contribution in [0.5, 0.6) is 5.75 Å². The fourth-order valence-corrected chi connectivity index (χ4v) is 3.57. The second-order valence-corrected chi connectivity index (χ2v) is 6.87. The van der Waals surface area contributed by atoms with Crippen LogP contribution in [0.2, 0.25) is 0 Å². The summed E-state index contributed by atoms with van der Waals surface area (Å²) in [6.45, 7) is 0.745. The van der Waals surface area contributed by atoms with Crippen LogP contribution in [0, 0.1) is 0 Å². The smallest absolute Gasteiger partial charge is 0.257 e. The van der Waals surface area contributed by atoms with Crippen LogP contribution < -0.4 is 10.1 Å². The van der Waals surface area contributed by atoms with Gasteiger partial charge in [-0.25, -0.2) is 4.98 Å². The molecule has 130 valence electrons. The number of amidine groups is 1. The van der Waals surface area contributed by atoms with E-state index in [1.165, 1.54) is 0 Å². The van der Waals surface area contributed by atoms with Gasteiger partial charge in [-0.05, 0) is 36.4 Å². The van der Waals surface area contributed by atoms with Gasteiger partial charge in [-0.1, -0.05) is 30.0 Å². The van der Waals surface area contributed by atoms with Crippen molar-refractivity contribution < 1.29 is 9.53 Å². The minimum Gasteiger partial charge on any atom is -0.497 e. The Morgan fingerprint density at radius 1 is 1.15 bits per heavy atom. The Labute approximate surface area is 155 Å². The number of para-hydroxylation sites is 1. The Morgan fingerprint density at radius 3 is 2.69 bits per heavy atom. The average molecular weight is 363 g/mol. The number of amides is 1. The van der Waals surface area contributed by atoms with Gasteiger partial charge in [0.2, 0.25) is 0 Å². The van der Waals surface area contributed by atoms with Crippen molar-refractivity contribution >= 4 is 33.7 Å². The molecular formula is C20H17N3O2S. The predicted octanol–water partition coefficient (Wildman–Crippen LogP) is 3.74. The number of carbonyl (C=O) groups excluding carboxylic acids is 1. The maximum Gasteiger partial charge on any atom is 0.257 e. The molecule has 2 aromatic carbocycles. The summed E-state index contributed by atoms with van der Waals surface area (Å²) in [5.74, 6) is 1.53. The average Bonchev–Trinajstić information content (AvgIpc) is 3.20. The fraction of sp³-hybridized carbons (Fsp3) is 0.150. The van der Waals surface area contributed by atoms with E-state index in [2.05, 4.69) is 10.3 Å². The van der Waals surface area contributed by atoms with Crippen molar-refractivity contribution in [2.24, 2.45) is 4.99 Å². The normalized spacial score (nSPS) is 13.5. The van der Waals surface area contributed by atoms with Crippen molar-refractivity contribution in [3.8, 4) is 17.0 Å². The third-order valence-electron chi connectivity index (χ3n) is 4.15. The summed E-state index contributed by atoms with van der Waals surface area (Å²) >= 11 is 1.56. The van der Waals surface area contributed by atoms with Crippen LogP contribution in [0.1, 0.15) is 10.4 Å². The molecule has 0 saturated heterocycles. The van der Waals surface area contributed by atoms with Crippen molar-refractivity contribution in [3.05, 3.63) is 60.2 Å². The number of methoxy groups -OCH3 is 1. The monoisotopic (exact) mass is 363 g/mol. The second kappa shape index (κ2) is 7.17. The quantitative estimate of drug-likeness (QED) is 0.770. The number of aliphatic imine (C=N–C) groups is 1. The highest BCUT2D eigenvalue weighted by molar-refractivity contribution is 8.14. The van der Waals surface area contributed by atoms with Gasteiger partial charge in [0.25, 0.3) is 5.91 Å². The first-order valence-corrected chi connectivity index (χ1v) is 9.26. The van der Waals surface area contributed by atoms with Gasteiger partial charge in [0.05, 0.1) is 30.4 Å². The van der Waals surface area contributed by atoms with Gasteiger partial charge >= 0.3 is 0 Å². The summed E-state index contributed by atoms with van der Waals surface area (Å²) in [5.41, 5.74) is 3.05. The van der Waals surface area contributed by atoms with E-state index in [1.54, 1.807) is 18.9 Å². The minimum absolute atomic E-state index is 0.161. The van der Waals surface area contributed by atoms with Gasteiger partial charge < -0.3 is 10.1 Å². The van der Waals surface area contributed by atoms with E-state index in [-0.39, 0.29) is 5.91 Å². The van der Waals surface area contributed by atoms with E-state index in [0.29, 0.717) is 10.7 Å². The Balaban J connectivity index is 1.78. The number of hydrogen-bond acceptors (Lipinski definition) is 5. The van der Waals surface area contributed by atoms with Crippen LogP contribution in [0.15, 0.2) is 59.6 Å². The number of thioether (sulfide) groups is 1. The lowest BCUT2D eigenvalue weighted by atomic mass is 10.0. The van der Waals surface area contributed by atoms with E-state index < -0.39 is 0 Å². The zero-order valence-corrected chi connectivity index (χ0v) is 15.0. The highest BCUT2D eigenvalue weighted by atomic mass is 32.2. The maximum absolute atomic E-state index is 12.8. The summed E-state index contributed by atoms with van der Waals surface area (Å²) in [7, 11) is 1.63. The Bertz CT molecular complexity index is 1000. The SMILES string of the molecule is COc1ccc(-c2cc(C(=O)NC3=NCCS3)c3ccccc3n2)cc1. The van der Waals surface area contributed by atoms with E-state index >= 15 is 0 Å². The molecule has 0 radical (unpaired) electrons. The molecule has 26 heavy (non-hydrogen) atoms. The van der Waals surface area contributed by atoms with E-state index in [4.69, 9.17) is 9.72 Å². The molecule has 6 heteroatoms. The van der Waals surface area contributed by atoms with Crippen molar-refractivity contribution in [2.75, 3.05) is 19.4 Å². The predicted molar refractivity (Wildman–Crippen MR) is 106 cm³/mol. The number of nitrogens with one attached hydrogen (secondary N) is 1. The van der Waals surface area contributed by atoms with Gasteiger partial charge in [-0.15, -0.1) is 0 Å². The number of hydrogen-bond donors (Lipinski definition) is 1. The first-order chi connectivity index (χ1) is 12.7. The number of fused-ring (bicyclic) bond motifs is 1. The third kappa shape index (κ3) is 3.28. The van der Waals surface area contributed by atoms with E-state index in [1.807, 2.05) is 54.6 Å². The largest absolute Gasteiger partial charge is 0.497 e. The lowest BCUT2D eigenvalue weighted by Gasteiger charge is -2.10. The highest BCUT2D eigenvalue weighted by Crippen LogP contribution is 2.26. The Hall–Kier alpha value is -2.86. The molecule has 0 unspecified atom stereocenters. The molecule has 1 aromatic heterocycles. The minimum atomic E-state index is -0.161. The number of benzene rings is 2. The number of aromatic nitrogens is 1. The molecule has 0 atom stereocenters. The maximum atomic E-state index is 12.8. The first-order valence-electron chi connectivity index (χ1n) is 8.27. The summed E-state index contributed by atoms with van der Waals surface area (Å²) in [6, 6.07) is 17.1. The van der Waals surface area contributed by atoms with Crippen LogP contribution in [-0.2, 0) is 0 Å². The Morgan fingerprint density at radius 2 is 1.96 bits per heavy atom. The first kappa shape index (κ1) is 16.6. The highest BCUT2D eigenvalue weighted by Gasteiger charge is 2.17. The van der Waals surface area contributed by atoms with Gasteiger partial charge in [0.15, 0.2) is 5.17 Å². The number of pyridine rings is 1. The Kier molecular flexibility index (Phi) is 4.58. The molecule has 0 fully saturated rings. The van der Waals surface area contributed by atoms with Crippen LogP contribution in [0.3, 0.4) is 0 Å². The molecule has 0 spiro atoms. The molecule has 1 N–H and O–H groups in total. The number of carbonyl (C=O) groups is 1. The lowest BCUT2D eigenvalue weighted by molar-refractivity contribution is 0.0979. The van der Waals surface area contributed by atoms with Crippen molar-refractivity contribution in [3.63, 3.8) is 0 Å². The number of rotatable bonds is 3. The fourth-order valence-electron chi connectivity index (χ4n) is 2.85. The molecular weight excluding hydrogens is 346 g/mol. The third-order valence-corrected chi connectivity index (χ3v) is 5.04. The van der Waals surface area contributed by atoms with Crippen LogP contribution in [0.4, 0.5) is 0 Å². The molecule has 1 amide bonds. The van der Waals surface area contributed by atoms with Crippen LogP contribution in [-0.4, -0.2) is 35.5 Å². The lowest BCUT2D eigenvalue weighted by Crippen LogP contribution is -2.27. The topological polar surface area (TPSA) is 63.6 Å². The second-order valence-electron chi connectivity index (χ2n) is 5.79.